The zero-order chi connectivity index (χ0) is 7.40. The van der Waals surface area contributed by atoms with Crippen molar-refractivity contribution in [2.24, 2.45) is 0 Å². The molecule has 0 radical (unpaired) electrons. The molecule has 1 N–H and O–H groups in total. The third-order valence-corrected chi connectivity index (χ3v) is 1.28. The molecule has 1 aromatic heterocycles. The fraction of sp³-hybridized carbons (Fsp3) is 0.286. The second-order valence-electron chi connectivity index (χ2n) is 1.95. The quantitative estimate of drug-likeness (QED) is 0.498. The third-order valence-electron chi connectivity index (χ3n) is 1.28. The van der Waals surface area contributed by atoms with Gasteiger partial charge in [-0.15, -0.1) is 6.58 Å². The van der Waals surface area contributed by atoms with Crippen LogP contribution in [0, 0.1) is 0 Å². The first-order valence-corrected chi connectivity index (χ1v) is 3.10. The van der Waals surface area contributed by atoms with Crippen molar-refractivity contribution in [1.29, 1.82) is 0 Å². The predicted octanol–water partition coefficient (Wildman–Crippen LogP) is -0.0871. The monoisotopic (exact) mass is 162 g/mol. The van der Waals surface area contributed by atoms with Crippen molar-refractivity contribution in [2.75, 3.05) is 0 Å². The summed E-state index contributed by atoms with van der Waals surface area (Å²) in [5, 5.41) is 8.72. The molecule has 0 saturated carbocycles. The molecule has 0 atom stereocenters. The zero-order valence-electron chi connectivity index (χ0n) is 5.70. The Morgan fingerprint density at radius 2 is 2.45 bits per heavy atom. The molecule has 11 heavy (non-hydrogen) atoms. The van der Waals surface area contributed by atoms with Gasteiger partial charge in [-0.25, -0.2) is 4.98 Å². The maximum absolute atomic E-state index is 8.72. The van der Waals surface area contributed by atoms with Gasteiger partial charge in [-0.05, 0) is 0 Å². The number of aliphatic hydroxyl groups excluding tert-OH is 1. The first-order chi connectivity index (χ1) is 4.88. The standard InChI is InChI=1S/C7H10N2O.Na.H/c1-2-3-7-8-4-5-9(7)6-10;;/h2,4-5,10H,1,3,6H2;;. The van der Waals surface area contributed by atoms with Gasteiger partial charge >= 0.3 is 29.6 Å². The fourth-order valence-electron chi connectivity index (χ4n) is 0.788. The molecule has 1 aromatic rings. The van der Waals surface area contributed by atoms with Crippen LogP contribution in [0.25, 0.3) is 0 Å². The number of nitrogens with zero attached hydrogens (tertiary/aromatic N) is 2. The van der Waals surface area contributed by atoms with Crippen molar-refractivity contribution in [3.63, 3.8) is 0 Å². The van der Waals surface area contributed by atoms with Crippen LogP contribution in [0.5, 0.6) is 0 Å². The molecule has 1 heterocycles. The molecule has 56 valence electrons. The van der Waals surface area contributed by atoms with Crippen LogP contribution in [-0.4, -0.2) is 44.2 Å². The van der Waals surface area contributed by atoms with E-state index in [4.69, 9.17) is 5.11 Å². The van der Waals surface area contributed by atoms with Crippen LogP contribution < -0.4 is 0 Å². The van der Waals surface area contributed by atoms with Crippen molar-refractivity contribution in [2.45, 2.75) is 13.2 Å². The molecule has 0 aliphatic rings. The second kappa shape index (κ2) is 5.55. The SMILES string of the molecule is C=CCc1nccn1CO.[NaH]. The van der Waals surface area contributed by atoms with Crippen LogP contribution >= 0.6 is 0 Å². The minimum atomic E-state index is -0.0107. The Morgan fingerprint density at radius 3 is 3.00 bits per heavy atom. The Labute approximate surface area is 88.0 Å². The summed E-state index contributed by atoms with van der Waals surface area (Å²) in [5.41, 5.74) is 0. The van der Waals surface area contributed by atoms with Crippen molar-refractivity contribution in [3.8, 4) is 0 Å². The van der Waals surface area contributed by atoms with Crippen molar-refractivity contribution in [3.05, 3.63) is 30.9 Å². The predicted molar refractivity (Wildman–Crippen MR) is 45.5 cm³/mol. The normalized spacial score (nSPS) is 8.82. The van der Waals surface area contributed by atoms with Gasteiger partial charge in [0, 0.05) is 18.8 Å². The first-order valence-electron chi connectivity index (χ1n) is 3.10. The van der Waals surface area contributed by atoms with E-state index in [1.807, 2.05) is 0 Å². The average Bonchev–Trinajstić information content (AvgIpc) is 2.36. The van der Waals surface area contributed by atoms with Crippen molar-refractivity contribution < 1.29 is 5.11 Å². The first kappa shape index (κ1) is 10.9. The number of hydrogen-bond acceptors (Lipinski definition) is 2. The molecule has 3 nitrogen and oxygen atoms in total. The van der Waals surface area contributed by atoms with Crippen molar-refractivity contribution in [1.82, 2.24) is 9.55 Å². The van der Waals surface area contributed by atoms with E-state index in [2.05, 4.69) is 11.6 Å². The van der Waals surface area contributed by atoms with Gasteiger partial charge in [-0.1, -0.05) is 6.08 Å². The van der Waals surface area contributed by atoms with E-state index >= 15 is 0 Å². The molecule has 0 unspecified atom stereocenters. The fourth-order valence-corrected chi connectivity index (χ4v) is 0.788. The molecule has 0 aromatic carbocycles. The van der Waals surface area contributed by atoms with Gasteiger partial charge in [-0.3, -0.25) is 0 Å². The Kier molecular flexibility index (Phi) is 5.50. The summed E-state index contributed by atoms with van der Waals surface area (Å²) >= 11 is 0. The Bertz CT molecular complexity index is 222. The summed E-state index contributed by atoms with van der Waals surface area (Å²) < 4.78 is 1.67. The van der Waals surface area contributed by atoms with E-state index in [-0.39, 0.29) is 36.3 Å². The van der Waals surface area contributed by atoms with Crippen molar-refractivity contribution >= 4 is 29.6 Å². The number of hydrogen-bond donors (Lipinski definition) is 1. The number of rotatable bonds is 3. The summed E-state index contributed by atoms with van der Waals surface area (Å²) in [5.74, 6) is 0.845. The van der Waals surface area contributed by atoms with Gasteiger partial charge in [0.2, 0.25) is 0 Å². The van der Waals surface area contributed by atoms with Crippen LogP contribution in [0.4, 0.5) is 0 Å². The molecule has 0 saturated heterocycles. The molecular formula is C7H11N2NaO. The van der Waals surface area contributed by atoms with Gasteiger partial charge in [0.1, 0.15) is 12.6 Å². The van der Waals surface area contributed by atoms with E-state index in [9.17, 15) is 0 Å². The topological polar surface area (TPSA) is 38.0 Å². The molecular weight excluding hydrogens is 151 g/mol. The van der Waals surface area contributed by atoms with Crippen LogP contribution in [0.15, 0.2) is 25.0 Å². The van der Waals surface area contributed by atoms with Gasteiger partial charge in [0.15, 0.2) is 0 Å². The molecule has 0 aliphatic carbocycles. The number of aromatic nitrogens is 2. The molecule has 0 amide bonds. The Balaban J connectivity index is 0.000001000. The maximum atomic E-state index is 8.72. The molecule has 0 bridgehead atoms. The minimum absolute atomic E-state index is 0. The summed E-state index contributed by atoms with van der Waals surface area (Å²) in [6.07, 6.45) is 5.86. The Hall–Kier alpha value is -0.0900. The molecule has 0 aliphatic heterocycles. The Morgan fingerprint density at radius 1 is 1.73 bits per heavy atom. The summed E-state index contributed by atoms with van der Waals surface area (Å²) in [4.78, 5) is 4.01. The van der Waals surface area contributed by atoms with Crippen LogP contribution in [0.2, 0.25) is 0 Å². The van der Waals surface area contributed by atoms with E-state index in [0.717, 1.165) is 5.82 Å². The molecule has 1 rings (SSSR count). The zero-order valence-corrected chi connectivity index (χ0v) is 5.70. The summed E-state index contributed by atoms with van der Waals surface area (Å²) in [6.45, 7) is 3.57. The second-order valence-corrected chi connectivity index (χ2v) is 1.95. The van der Waals surface area contributed by atoms with E-state index < -0.39 is 0 Å². The molecule has 0 spiro atoms. The van der Waals surface area contributed by atoms with Gasteiger partial charge < -0.3 is 9.67 Å². The molecule has 4 heteroatoms. The van der Waals surface area contributed by atoms with E-state index in [1.54, 1.807) is 23.0 Å². The van der Waals surface area contributed by atoms with Gasteiger partial charge in [-0.2, -0.15) is 0 Å². The number of aliphatic hydroxyl groups is 1. The molecule has 0 fully saturated rings. The third kappa shape index (κ3) is 2.79. The van der Waals surface area contributed by atoms with Crippen LogP contribution in [0.1, 0.15) is 5.82 Å². The average molecular weight is 162 g/mol. The number of allylic oxidation sites excluding steroid dienone is 1. The van der Waals surface area contributed by atoms with Gasteiger partial charge in [0.05, 0.1) is 0 Å². The van der Waals surface area contributed by atoms with Crippen LogP contribution in [-0.2, 0) is 13.2 Å². The number of imidazole rings is 1. The van der Waals surface area contributed by atoms with E-state index in [0.29, 0.717) is 6.42 Å². The van der Waals surface area contributed by atoms with Gasteiger partial charge in [0.25, 0.3) is 0 Å². The summed E-state index contributed by atoms with van der Waals surface area (Å²) in [6, 6.07) is 0. The summed E-state index contributed by atoms with van der Waals surface area (Å²) in [7, 11) is 0. The van der Waals surface area contributed by atoms with E-state index in [1.165, 1.54) is 0 Å². The van der Waals surface area contributed by atoms with Crippen LogP contribution in [0.3, 0.4) is 0 Å².